The molecule has 33 heavy (non-hydrogen) atoms. The van der Waals surface area contributed by atoms with E-state index in [1.54, 1.807) is 43.0 Å². The Morgan fingerprint density at radius 1 is 1.00 bits per heavy atom. The predicted molar refractivity (Wildman–Crippen MR) is 121 cm³/mol. The van der Waals surface area contributed by atoms with Crippen LogP contribution in [0, 0.1) is 17.6 Å². The molecule has 1 saturated heterocycles. The molecule has 0 aliphatic carbocycles. The summed E-state index contributed by atoms with van der Waals surface area (Å²) in [5.41, 5.74) is 0.635. The van der Waals surface area contributed by atoms with E-state index in [0.29, 0.717) is 5.69 Å². The van der Waals surface area contributed by atoms with Crippen molar-refractivity contribution in [3.05, 3.63) is 65.2 Å². The van der Waals surface area contributed by atoms with Crippen molar-refractivity contribution in [3.63, 3.8) is 0 Å². The van der Waals surface area contributed by atoms with E-state index in [9.17, 15) is 23.2 Å². The zero-order valence-electron chi connectivity index (χ0n) is 18.7. The molecule has 0 aromatic heterocycles. The van der Waals surface area contributed by atoms with Crippen molar-refractivity contribution in [3.8, 4) is 0 Å². The molecule has 1 aliphatic heterocycles. The van der Waals surface area contributed by atoms with Crippen molar-refractivity contribution < 1.29 is 23.2 Å². The number of carbonyl (C=O) groups excluding carboxylic acids is 3. The van der Waals surface area contributed by atoms with Gasteiger partial charge in [-0.3, -0.25) is 9.59 Å². The first-order chi connectivity index (χ1) is 15.8. The van der Waals surface area contributed by atoms with Gasteiger partial charge in [0, 0.05) is 25.3 Å². The fraction of sp³-hybridized carbons (Fsp3) is 0.375. The van der Waals surface area contributed by atoms with Crippen LogP contribution >= 0.6 is 0 Å². The van der Waals surface area contributed by atoms with Gasteiger partial charge < -0.3 is 20.9 Å². The molecule has 1 fully saturated rings. The second kappa shape index (κ2) is 10.9. The van der Waals surface area contributed by atoms with Crippen LogP contribution < -0.4 is 16.0 Å². The van der Waals surface area contributed by atoms with Crippen molar-refractivity contribution in [2.24, 2.45) is 5.92 Å². The molecule has 9 heteroatoms. The average molecular weight is 459 g/mol. The molecule has 0 bridgehead atoms. The number of hydrogen-bond acceptors (Lipinski definition) is 3. The fourth-order valence-electron chi connectivity index (χ4n) is 3.64. The Morgan fingerprint density at radius 3 is 2.27 bits per heavy atom. The summed E-state index contributed by atoms with van der Waals surface area (Å²) >= 11 is 0. The van der Waals surface area contributed by atoms with Crippen molar-refractivity contribution in [2.45, 2.75) is 39.3 Å². The Labute approximate surface area is 191 Å². The maximum atomic E-state index is 13.9. The highest BCUT2D eigenvalue weighted by molar-refractivity contribution is 5.98. The van der Waals surface area contributed by atoms with Crippen molar-refractivity contribution in [1.29, 1.82) is 0 Å². The highest BCUT2D eigenvalue weighted by Crippen LogP contribution is 2.15. The molecule has 2 aromatic carbocycles. The first-order valence-corrected chi connectivity index (χ1v) is 10.9. The second-order valence-electron chi connectivity index (χ2n) is 8.33. The van der Waals surface area contributed by atoms with Gasteiger partial charge in [-0.2, -0.15) is 0 Å². The molecule has 1 heterocycles. The van der Waals surface area contributed by atoms with Gasteiger partial charge in [0.15, 0.2) is 0 Å². The number of likely N-dealkylation sites (tertiary alicyclic amines) is 1. The number of halogens is 2. The minimum absolute atomic E-state index is 0.152. The summed E-state index contributed by atoms with van der Waals surface area (Å²) < 4.78 is 27.8. The molecule has 0 spiro atoms. The number of carbonyl (C=O) groups is 3. The van der Waals surface area contributed by atoms with Gasteiger partial charge in [0.1, 0.15) is 23.2 Å². The van der Waals surface area contributed by atoms with Gasteiger partial charge in [0.2, 0.25) is 5.91 Å². The lowest BCUT2D eigenvalue weighted by molar-refractivity contribution is -0.124. The molecule has 1 atom stereocenters. The Balaban J connectivity index is 1.60. The van der Waals surface area contributed by atoms with E-state index in [1.165, 1.54) is 0 Å². The van der Waals surface area contributed by atoms with Crippen LogP contribution in [-0.4, -0.2) is 41.9 Å². The van der Waals surface area contributed by atoms with Crippen molar-refractivity contribution in [2.75, 3.05) is 18.4 Å². The summed E-state index contributed by atoms with van der Waals surface area (Å²) in [6.45, 7) is 5.06. The molecule has 0 unspecified atom stereocenters. The first-order valence-electron chi connectivity index (χ1n) is 10.9. The Hall–Kier alpha value is -3.49. The zero-order valence-corrected chi connectivity index (χ0v) is 18.7. The van der Waals surface area contributed by atoms with Crippen LogP contribution in [0.15, 0.2) is 42.5 Å². The van der Waals surface area contributed by atoms with E-state index in [1.807, 2.05) is 0 Å². The third kappa shape index (κ3) is 6.27. The minimum atomic E-state index is -0.997. The van der Waals surface area contributed by atoms with Gasteiger partial charge >= 0.3 is 6.03 Å². The molecule has 3 rings (SSSR count). The van der Waals surface area contributed by atoms with Crippen LogP contribution in [0.4, 0.5) is 19.3 Å². The lowest BCUT2D eigenvalue weighted by Crippen LogP contribution is -2.49. The van der Waals surface area contributed by atoms with E-state index < -0.39 is 35.1 Å². The summed E-state index contributed by atoms with van der Waals surface area (Å²) in [6.07, 6.45) is 1.99. The molecular weight excluding hydrogens is 430 g/mol. The Kier molecular flexibility index (Phi) is 7.97. The quantitative estimate of drug-likeness (QED) is 0.592. The Morgan fingerprint density at radius 2 is 1.64 bits per heavy atom. The summed E-state index contributed by atoms with van der Waals surface area (Å²) in [5.74, 6) is -3.80. The second-order valence-corrected chi connectivity index (χ2v) is 8.33. The summed E-state index contributed by atoms with van der Waals surface area (Å²) in [4.78, 5) is 39.2. The van der Waals surface area contributed by atoms with E-state index in [-0.39, 0.29) is 18.5 Å². The number of benzene rings is 2. The van der Waals surface area contributed by atoms with Crippen LogP contribution in [0.25, 0.3) is 0 Å². The van der Waals surface area contributed by atoms with Gasteiger partial charge in [-0.25, -0.2) is 13.6 Å². The molecule has 0 radical (unpaired) electrons. The number of rotatable bonds is 7. The van der Waals surface area contributed by atoms with Gasteiger partial charge in [-0.05, 0) is 48.6 Å². The minimum Gasteiger partial charge on any atom is -0.350 e. The molecule has 3 N–H and O–H groups in total. The highest BCUT2D eigenvalue weighted by Gasteiger charge is 2.27. The number of hydrogen-bond donors (Lipinski definition) is 3. The molecule has 2 aromatic rings. The third-order valence-electron chi connectivity index (χ3n) is 5.46. The highest BCUT2D eigenvalue weighted by atomic mass is 19.1. The lowest BCUT2D eigenvalue weighted by atomic mass is 10.0. The number of anilines is 1. The zero-order chi connectivity index (χ0) is 24.0. The van der Waals surface area contributed by atoms with E-state index in [2.05, 4.69) is 16.0 Å². The SMILES string of the molecule is CC(C)[C@H](NC(=O)c1c(F)cccc1F)C(=O)NCc1cccc(NC(=O)N2CCCC2)c1. The van der Waals surface area contributed by atoms with Gasteiger partial charge in [0.25, 0.3) is 5.91 Å². The largest absolute Gasteiger partial charge is 0.350 e. The van der Waals surface area contributed by atoms with Gasteiger partial charge in [-0.15, -0.1) is 0 Å². The molecule has 1 aliphatic rings. The molecule has 0 saturated carbocycles. The maximum Gasteiger partial charge on any atom is 0.321 e. The van der Waals surface area contributed by atoms with Crippen LogP contribution in [0.2, 0.25) is 0 Å². The van der Waals surface area contributed by atoms with Crippen LogP contribution in [0.3, 0.4) is 0 Å². The number of amides is 4. The first kappa shape index (κ1) is 24.2. The number of nitrogens with zero attached hydrogens (tertiary/aromatic N) is 1. The summed E-state index contributed by atoms with van der Waals surface area (Å²) in [6, 6.07) is 9.07. The van der Waals surface area contributed by atoms with Crippen LogP contribution in [-0.2, 0) is 11.3 Å². The summed E-state index contributed by atoms with van der Waals surface area (Å²) in [5, 5.41) is 8.02. The van der Waals surface area contributed by atoms with Crippen molar-refractivity contribution in [1.82, 2.24) is 15.5 Å². The van der Waals surface area contributed by atoms with Crippen molar-refractivity contribution >= 4 is 23.5 Å². The predicted octanol–water partition coefficient (Wildman–Crippen LogP) is 3.66. The topological polar surface area (TPSA) is 90.5 Å². The van der Waals surface area contributed by atoms with Gasteiger partial charge in [0.05, 0.1) is 0 Å². The van der Waals surface area contributed by atoms with E-state index in [0.717, 1.165) is 49.7 Å². The van der Waals surface area contributed by atoms with Gasteiger partial charge in [-0.1, -0.05) is 32.0 Å². The maximum absolute atomic E-state index is 13.9. The normalized spacial score (nSPS) is 14.2. The Bertz CT molecular complexity index is 1000. The standard InChI is InChI=1S/C24H28F2N4O3/c1-15(2)21(29-22(31)20-18(25)9-6-10-19(20)26)23(32)27-14-16-7-5-8-17(13-16)28-24(33)30-11-3-4-12-30/h5-10,13,15,21H,3-4,11-12,14H2,1-2H3,(H,27,32)(H,28,33)(H,29,31)/t21-/m0/s1. The number of nitrogens with one attached hydrogen (secondary N) is 3. The average Bonchev–Trinajstić information content (AvgIpc) is 3.31. The van der Waals surface area contributed by atoms with E-state index in [4.69, 9.17) is 0 Å². The molecule has 7 nitrogen and oxygen atoms in total. The lowest BCUT2D eigenvalue weighted by Gasteiger charge is -2.22. The fourth-order valence-corrected chi connectivity index (χ4v) is 3.64. The number of urea groups is 1. The van der Waals surface area contributed by atoms with Crippen LogP contribution in [0.5, 0.6) is 0 Å². The third-order valence-corrected chi connectivity index (χ3v) is 5.46. The van der Waals surface area contributed by atoms with Crippen LogP contribution in [0.1, 0.15) is 42.6 Å². The molecular formula is C24H28F2N4O3. The monoisotopic (exact) mass is 458 g/mol. The molecule has 4 amide bonds. The summed E-state index contributed by atoms with van der Waals surface area (Å²) in [7, 11) is 0. The molecule has 176 valence electrons. The smallest absolute Gasteiger partial charge is 0.321 e. The van der Waals surface area contributed by atoms with E-state index >= 15 is 0 Å².